The minimum atomic E-state index is 0.221. The summed E-state index contributed by atoms with van der Waals surface area (Å²) in [4.78, 5) is 4.78. The van der Waals surface area contributed by atoms with Gasteiger partial charge in [-0.2, -0.15) is 0 Å². The zero-order valence-electron chi connectivity index (χ0n) is 20.0. The predicted octanol–water partition coefficient (Wildman–Crippen LogP) is 3.37. The second-order valence-corrected chi connectivity index (χ2v) is 8.63. The zero-order chi connectivity index (χ0) is 23.3. The molecule has 0 N–H and O–H groups in total. The molecule has 8 heteroatoms. The smallest absolute Gasteiger partial charge is 0.163 e. The third-order valence-electron chi connectivity index (χ3n) is 6.12. The van der Waals surface area contributed by atoms with Gasteiger partial charge in [0.2, 0.25) is 0 Å². The van der Waals surface area contributed by atoms with Gasteiger partial charge in [-0.15, -0.1) is 0 Å². The molecule has 5 rings (SSSR count). The first-order valence-corrected chi connectivity index (χ1v) is 12.3. The fraction of sp³-hybridized carbons (Fsp3) is 0.538. The van der Waals surface area contributed by atoms with Crippen LogP contribution in [-0.2, 0) is 9.47 Å². The zero-order valence-corrected chi connectivity index (χ0v) is 20.0. The van der Waals surface area contributed by atoms with Crippen LogP contribution in [0.1, 0.15) is 13.8 Å². The summed E-state index contributed by atoms with van der Waals surface area (Å²) in [5.74, 6) is 3.13. The van der Waals surface area contributed by atoms with E-state index in [0.717, 1.165) is 73.8 Å². The van der Waals surface area contributed by atoms with Gasteiger partial charge in [-0.1, -0.05) is 0 Å². The van der Waals surface area contributed by atoms with Crippen LogP contribution in [0, 0.1) is 0 Å². The second-order valence-electron chi connectivity index (χ2n) is 8.63. The Bertz CT molecular complexity index is 877. The Morgan fingerprint density at radius 2 is 1.06 bits per heavy atom. The number of anilines is 2. The summed E-state index contributed by atoms with van der Waals surface area (Å²) in [6.07, 6.45) is 0.441. The van der Waals surface area contributed by atoms with Crippen molar-refractivity contribution in [2.24, 2.45) is 0 Å². The summed E-state index contributed by atoms with van der Waals surface area (Å²) in [6, 6.07) is 12.4. The van der Waals surface area contributed by atoms with Gasteiger partial charge in [0.05, 0.1) is 26.4 Å². The van der Waals surface area contributed by atoms with E-state index in [9.17, 15) is 0 Å². The van der Waals surface area contributed by atoms with Crippen LogP contribution < -0.4 is 28.7 Å². The van der Waals surface area contributed by atoms with Gasteiger partial charge in [0.15, 0.2) is 23.0 Å². The number of ether oxygens (including phenoxy) is 6. The van der Waals surface area contributed by atoms with Crippen molar-refractivity contribution >= 4 is 11.4 Å². The van der Waals surface area contributed by atoms with E-state index in [-0.39, 0.29) is 12.2 Å². The average molecular weight is 471 g/mol. The Labute approximate surface area is 201 Å². The molecule has 0 bridgehead atoms. The van der Waals surface area contributed by atoms with Crippen LogP contribution >= 0.6 is 0 Å². The second kappa shape index (κ2) is 10.6. The molecule has 3 heterocycles. The van der Waals surface area contributed by atoms with E-state index < -0.39 is 0 Å². The highest BCUT2D eigenvalue weighted by molar-refractivity contribution is 5.60. The minimum Gasteiger partial charge on any atom is -0.490 e. The van der Waals surface area contributed by atoms with Crippen molar-refractivity contribution < 1.29 is 28.4 Å². The van der Waals surface area contributed by atoms with E-state index in [2.05, 4.69) is 34.1 Å². The number of epoxide rings is 2. The van der Waals surface area contributed by atoms with Crippen LogP contribution in [0.5, 0.6) is 23.0 Å². The van der Waals surface area contributed by atoms with E-state index in [0.29, 0.717) is 26.4 Å². The summed E-state index contributed by atoms with van der Waals surface area (Å²) in [7, 11) is 0. The number of nitrogens with zero attached hydrogens (tertiary/aromatic N) is 2. The fourth-order valence-electron chi connectivity index (χ4n) is 4.08. The molecular formula is C26H34N2O6. The van der Waals surface area contributed by atoms with E-state index in [1.165, 1.54) is 0 Å². The van der Waals surface area contributed by atoms with E-state index in [1.54, 1.807) is 0 Å². The molecule has 3 aliphatic heterocycles. The normalized spacial score (nSPS) is 21.2. The number of rotatable bonds is 12. The molecule has 0 saturated carbocycles. The van der Waals surface area contributed by atoms with Gasteiger partial charge in [0.25, 0.3) is 0 Å². The molecule has 0 amide bonds. The first-order valence-electron chi connectivity index (χ1n) is 12.3. The molecule has 0 radical (unpaired) electrons. The van der Waals surface area contributed by atoms with Crippen LogP contribution in [0.3, 0.4) is 0 Å². The lowest BCUT2D eigenvalue weighted by Crippen LogP contribution is -2.46. The van der Waals surface area contributed by atoms with Crippen LogP contribution in [0.2, 0.25) is 0 Å². The molecule has 0 aliphatic carbocycles. The van der Waals surface area contributed by atoms with Gasteiger partial charge in [-0.3, -0.25) is 0 Å². The summed E-state index contributed by atoms with van der Waals surface area (Å²) >= 11 is 0. The van der Waals surface area contributed by atoms with Crippen molar-refractivity contribution in [3.8, 4) is 23.0 Å². The Kier molecular flexibility index (Phi) is 7.16. The molecule has 0 spiro atoms. The number of benzene rings is 2. The molecule has 3 fully saturated rings. The lowest BCUT2D eigenvalue weighted by molar-refractivity contribution is 0.245. The topological polar surface area (TPSA) is 68.5 Å². The molecule has 3 aliphatic rings. The van der Waals surface area contributed by atoms with Crippen LogP contribution in [0.25, 0.3) is 0 Å². The fourth-order valence-corrected chi connectivity index (χ4v) is 4.08. The van der Waals surface area contributed by atoms with Crippen molar-refractivity contribution in [2.45, 2.75) is 26.1 Å². The minimum absolute atomic E-state index is 0.221. The van der Waals surface area contributed by atoms with Gasteiger partial charge in [-0.25, -0.2) is 0 Å². The van der Waals surface area contributed by atoms with Gasteiger partial charge in [0, 0.05) is 49.7 Å². The number of hydrogen-bond acceptors (Lipinski definition) is 8. The summed E-state index contributed by atoms with van der Waals surface area (Å²) in [6.45, 7) is 11.6. The number of hydrogen-bond donors (Lipinski definition) is 0. The maximum absolute atomic E-state index is 5.90. The lowest BCUT2D eigenvalue weighted by atomic mass is 10.2. The van der Waals surface area contributed by atoms with Gasteiger partial charge < -0.3 is 38.2 Å². The van der Waals surface area contributed by atoms with Crippen molar-refractivity contribution in [1.29, 1.82) is 0 Å². The third-order valence-corrected chi connectivity index (χ3v) is 6.12. The Hall–Kier alpha value is -2.84. The molecular weight excluding hydrogens is 436 g/mol. The molecule has 2 unspecified atom stereocenters. The Morgan fingerprint density at radius 1 is 0.647 bits per heavy atom. The molecule has 8 nitrogen and oxygen atoms in total. The van der Waals surface area contributed by atoms with Crippen LogP contribution in [0.4, 0.5) is 11.4 Å². The first kappa shape index (κ1) is 22.9. The average Bonchev–Trinajstić information content (AvgIpc) is 3.78. The van der Waals surface area contributed by atoms with Crippen molar-refractivity contribution in [1.82, 2.24) is 0 Å². The van der Waals surface area contributed by atoms with Crippen molar-refractivity contribution in [3.63, 3.8) is 0 Å². The monoisotopic (exact) mass is 470 g/mol. The van der Waals surface area contributed by atoms with Crippen molar-refractivity contribution in [3.05, 3.63) is 36.4 Å². The molecule has 2 atom stereocenters. The van der Waals surface area contributed by atoms with Crippen molar-refractivity contribution in [2.75, 3.05) is 75.6 Å². The quantitative estimate of drug-likeness (QED) is 0.438. The highest BCUT2D eigenvalue weighted by Gasteiger charge is 2.25. The molecule has 0 aromatic heterocycles. The largest absolute Gasteiger partial charge is 0.490 e. The maximum Gasteiger partial charge on any atom is 0.163 e. The summed E-state index contributed by atoms with van der Waals surface area (Å²) in [5, 5.41) is 0. The van der Waals surface area contributed by atoms with Gasteiger partial charge in [0.1, 0.15) is 25.4 Å². The van der Waals surface area contributed by atoms with E-state index >= 15 is 0 Å². The van der Waals surface area contributed by atoms with Gasteiger partial charge in [-0.05, 0) is 38.1 Å². The first-order chi connectivity index (χ1) is 16.7. The third kappa shape index (κ3) is 5.80. The highest BCUT2D eigenvalue weighted by Crippen LogP contribution is 2.35. The van der Waals surface area contributed by atoms with E-state index in [4.69, 9.17) is 28.4 Å². The van der Waals surface area contributed by atoms with Crippen LogP contribution in [-0.4, -0.2) is 78.0 Å². The molecule has 34 heavy (non-hydrogen) atoms. The highest BCUT2D eigenvalue weighted by atomic mass is 16.6. The molecule has 184 valence electrons. The standard InChI is InChI=1S/C26H34N2O6/c1-3-29-25-13-19(5-7-23(25)33-17-21-15-31-21)27-9-11-28(12-10-27)20-6-8-24(26(14-20)30-4-2)34-18-22-16-32-22/h5-8,13-14,21-22H,3-4,9-12,15-18H2,1-2H3. The summed E-state index contributed by atoms with van der Waals surface area (Å²) < 4.78 is 34.0. The Morgan fingerprint density at radius 3 is 1.41 bits per heavy atom. The Balaban J connectivity index is 1.21. The van der Waals surface area contributed by atoms with Gasteiger partial charge >= 0.3 is 0 Å². The molecule has 3 saturated heterocycles. The predicted molar refractivity (Wildman–Crippen MR) is 130 cm³/mol. The van der Waals surface area contributed by atoms with E-state index in [1.807, 2.05) is 26.0 Å². The van der Waals surface area contributed by atoms with Crippen LogP contribution in [0.15, 0.2) is 36.4 Å². The maximum atomic E-state index is 5.90. The summed E-state index contributed by atoms with van der Waals surface area (Å²) in [5.41, 5.74) is 2.30. The number of piperazine rings is 1. The lowest BCUT2D eigenvalue weighted by Gasteiger charge is -2.37. The SMILES string of the molecule is CCOc1cc(N2CCN(c3ccc(OCC4CO4)c(OCC)c3)CC2)ccc1OCC1CO1. The molecule has 2 aromatic rings. The molecule has 2 aromatic carbocycles.